The standard InChI is InChI=1S/C24H28N2O4/c1-17(19-6-4-3-5-7-19)23-16-28-24(30-29-23)14-12-22(13-15-24)26-21-10-8-20(9-11-21)25-18(2)27/h3-11,22-23,26H,1,12-16H2,2H3,(H,25,27). The van der Waals surface area contributed by atoms with Crippen LogP contribution in [0.5, 0.6) is 0 Å². The minimum atomic E-state index is -0.666. The van der Waals surface area contributed by atoms with Crippen molar-refractivity contribution in [1.82, 2.24) is 0 Å². The SMILES string of the molecule is C=C(c1ccccc1)C1COC2(CCC(Nc3ccc(NC(C)=O)cc3)CC2)OO1. The summed E-state index contributed by atoms with van der Waals surface area (Å²) >= 11 is 0. The molecule has 2 aliphatic rings. The lowest BCUT2D eigenvalue weighted by Gasteiger charge is -2.43. The zero-order valence-corrected chi connectivity index (χ0v) is 17.2. The van der Waals surface area contributed by atoms with Crippen molar-refractivity contribution in [3.05, 3.63) is 66.7 Å². The van der Waals surface area contributed by atoms with Crippen LogP contribution in [0.15, 0.2) is 61.2 Å². The van der Waals surface area contributed by atoms with Gasteiger partial charge in [0.15, 0.2) is 0 Å². The van der Waals surface area contributed by atoms with Gasteiger partial charge in [-0.15, -0.1) is 0 Å². The van der Waals surface area contributed by atoms with Crippen LogP contribution in [-0.2, 0) is 19.3 Å². The number of carbonyl (C=O) groups is 1. The molecule has 0 aromatic heterocycles. The maximum Gasteiger partial charge on any atom is 0.221 e. The van der Waals surface area contributed by atoms with E-state index in [9.17, 15) is 4.79 Å². The number of hydrogen-bond acceptors (Lipinski definition) is 5. The van der Waals surface area contributed by atoms with E-state index in [-0.39, 0.29) is 12.0 Å². The Kier molecular flexibility index (Phi) is 6.18. The third-order valence-corrected chi connectivity index (χ3v) is 5.67. The Labute approximate surface area is 177 Å². The molecule has 2 fully saturated rings. The molecule has 158 valence electrons. The van der Waals surface area contributed by atoms with Crippen LogP contribution in [0.3, 0.4) is 0 Å². The second-order valence-corrected chi connectivity index (χ2v) is 7.96. The second kappa shape index (κ2) is 9.00. The molecule has 1 aliphatic carbocycles. The Bertz CT molecular complexity index is 864. The number of carbonyl (C=O) groups excluding carboxylic acids is 1. The summed E-state index contributed by atoms with van der Waals surface area (Å²) in [4.78, 5) is 22.6. The largest absolute Gasteiger partial charge is 0.382 e. The second-order valence-electron chi connectivity index (χ2n) is 7.96. The number of rotatable bonds is 5. The Morgan fingerprint density at radius 1 is 1.03 bits per heavy atom. The van der Waals surface area contributed by atoms with E-state index in [2.05, 4.69) is 17.2 Å². The first-order valence-electron chi connectivity index (χ1n) is 10.4. The first kappa shape index (κ1) is 20.6. The quantitative estimate of drug-likeness (QED) is 0.699. The van der Waals surface area contributed by atoms with Crippen LogP contribution in [-0.4, -0.2) is 30.4 Å². The lowest BCUT2D eigenvalue weighted by molar-refractivity contribution is -0.483. The third kappa shape index (κ3) is 4.90. The molecular formula is C24H28N2O4. The third-order valence-electron chi connectivity index (χ3n) is 5.67. The molecule has 1 saturated carbocycles. The van der Waals surface area contributed by atoms with Gasteiger partial charge in [0, 0.05) is 37.2 Å². The molecule has 30 heavy (non-hydrogen) atoms. The molecule has 2 aromatic carbocycles. The number of nitrogens with one attached hydrogen (secondary N) is 2. The van der Waals surface area contributed by atoms with E-state index in [1.54, 1.807) is 0 Å². The van der Waals surface area contributed by atoms with E-state index in [0.29, 0.717) is 12.6 Å². The average Bonchev–Trinajstić information content (AvgIpc) is 2.77. The fourth-order valence-corrected chi connectivity index (χ4v) is 3.94. The summed E-state index contributed by atoms with van der Waals surface area (Å²) in [5.41, 5.74) is 3.72. The van der Waals surface area contributed by atoms with Crippen LogP contribution in [0.4, 0.5) is 11.4 Å². The predicted octanol–water partition coefficient (Wildman–Crippen LogP) is 4.76. The number of benzene rings is 2. The molecule has 6 nitrogen and oxygen atoms in total. The van der Waals surface area contributed by atoms with Gasteiger partial charge in [-0.05, 0) is 48.2 Å². The van der Waals surface area contributed by atoms with Crippen molar-refractivity contribution in [3.8, 4) is 0 Å². The normalized spacial score (nSPS) is 26.2. The van der Waals surface area contributed by atoms with Gasteiger partial charge in [-0.1, -0.05) is 36.9 Å². The molecule has 0 radical (unpaired) electrons. The smallest absolute Gasteiger partial charge is 0.221 e. The Morgan fingerprint density at radius 3 is 2.30 bits per heavy atom. The predicted molar refractivity (Wildman–Crippen MR) is 117 cm³/mol. The molecule has 1 spiro atoms. The van der Waals surface area contributed by atoms with Gasteiger partial charge in [0.2, 0.25) is 11.7 Å². The van der Waals surface area contributed by atoms with Gasteiger partial charge in [-0.2, -0.15) is 0 Å². The molecule has 6 heteroatoms. The lowest BCUT2D eigenvalue weighted by Crippen LogP contribution is -2.49. The highest BCUT2D eigenvalue weighted by molar-refractivity contribution is 5.88. The summed E-state index contributed by atoms with van der Waals surface area (Å²) in [6, 6.07) is 18.0. The van der Waals surface area contributed by atoms with E-state index in [1.807, 2.05) is 54.6 Å². The van der Waals surface area contributed by atoms with Crippen LogP contribution < -0.4 is 10.6 Å². The average molecular weight is 408 g/mol. The molecule has 1 heterocycles. The number of hydrogen-bond donors (Lipinski definition) is 2. The number of anilines is 2. The number of amides is 1. The van der Waals surface area contributed by atoms with Gasteiger partial charge in [-0.25, -0.2) is 9.78 Å². The summed E-state index contributed by atoms with van der Waals surface area (Å²) in [5.74, 6) is -0.737. The maximum absolute atomic E-state index is 11.1. The molecule has 1 atom stereocenters. The van der Waals surface area contributed by atoms with Crippen LogP contribution >= 0.6 is 0 Å². The highest BCUT2D eigenvalue weighted by atomic mass is 17.2. The zero-order valence-electron chi connectivity index (χ0n) is 17.2. The molecule has 1 saturated heterocycles. The van der Waals surface area contributed by atoms with Crippen LogP contribution in [0.1, 0.15) is 38.2 Å². The Hall–Kier alpha value is -2.67. The van der Waals surface area contributed by atoms with Gasteiger partial charge in [0.05, 0.1) is 6.61 Å². The number of ether oxygens (including phenoxy) is 1. The fourth-order valence-electron chi connectivity index (χ4n) is 3.94. The van der Waals surface area contributed by atoms with E-state index >= 15 is 0 Å². The molecular weight excluding hydrogens is 380 g/mol. The summed E-state index contributed by atoms with van der Waals surface area (Å²) in [6.45, 7) is 6.09. The van der Waals surface area contributed by atoms with Crippen molar-refractivity contribution < 1.29 is 19.3 Å². The molecule has 1 aliphatic heterocycles. The molecule has 0 bridgehead atoms. The van der Waals surface area contributed by atoms with E-state index < -0.39 is 5.79 Å². The summed E-state index contributed by atoms with van der Waals surface area (Å²) in [5, 5.41) is 6.33. The van der Waals surface area contributed by atoms with Crippen LogP contribution in [0.25, 0.3) is 5.57 Å². The lowest BCUT2D eigenvalue weighted by atomic mass is 9.89. The molecule has 2 aromatic rings. The van der Waals surface area contributed by atoms with E-state index in [4.69, 9.17) is 14.5 Å². The molecule has 4 rings (SSSR count). The minimum Gasteiger partial charge on any atom is -0.382 e. The summed E-state index contributed by atoms with van der Waals surface area (Å²) in [7, 11) is 0. The van der Waals surface area contributed by atoms with Crippen molar-refractivity contribution in [3.63, 3.8) is 0 Å². The van der Waals surface area contributed by atoms with Crippen molar-refractivity contribution in [2.75, 3.05) is 17.2 Å². The minimum absolute atomic E-state index is 0.0717. The summed E-state index contributed by atoms with van der Waals surface area (Å²) < 4.78 is 6.14. The van der Waals surface area contributed by atoms with Gasteiger partial charge >= 0.3 is 0 Å². The highest BCUT2D eigenvalue weighted by Gasteiger charge is 2.43. The van der Waals surface area contributed by atoms with Crippen molar-refractivity contribution in [1.29, 1.82) is 0 Å². The highest BCUT2D eigenvalue weighted by Crippen LogP contribution is 2.38. The topological polar surface area (TPSA) is 68.8 Å². The first-order chi connectivity index (χ1) is 14.5. The molecule has 2 N–H and O–H groups in total. The van der Waals surface area contributed by atoms with Crippen molar-refractivity contribution in [2.45, 2.75) is 50.5 Å². The Morgan fingerprint density at radius 2 is 1.70 bits per heavy atom. The van der Waals surface area contributed by atoms with Crippen LogP contribution in [0, 0.1) is 0 Å². The monoisotopic (exact) mass is 408 g/mol. The first-order valence-corrected chi connectivity index (χ1v) is 10.4. The van der Waals surface area contributed by atoms with Crippen molar-refractivity contribution >= 4 is 22.9 Å². The van der Waals surface area contributed by atoms with Gasteiger partial charge in [0.25, 0.3) is 0 Å². The fraction of sp³-hybridized carbons (Fsp3) is 0.375. The van der Waals surface area contributed by atoms with Gasteiger partial charge in [-0.3, -0.25) is 4.79 Å². The van der Waals surface area contributed by atoms with Crippen LogP contribution in [0.2, 0.25) is 0 Å². The van der Waals surface area contributed by atoms with Gasteiger partial charge < -0.3 is 15.4 Å². The van der Waals surface area contributed by atoms with E-state index in [0.717, 1.165) is 48.2 Å². The zero-order chi connectivity index (χ0) is 21.0. The molecule has 1 amide bonds. The van der Waals surface area contributed by atoms with Crippen molar-refractivity contribution in [2.24, 2.45) is 0 Å². The Balaban J connectivity index is 1.26. The maximum atomic E-state index is 11.1. The summed E-state index contributed by atoms with van der Waals surface area (Å²) in [6.07, 6.45) is 3.07. The van der Waals surface area contributed by atoms with Gasteiger partial charge in [0.1, 0.15) is 6.10 Å². The van der Waals surface area contributed by atoms with E-state index in [1.165, 1.54) is 6.92 Å². The molecule has 1 unspecified atom stereocenters.